The van der Waals surface area contributed by atoms with Gasteiger partial charge in [0.2, 0.25) is 0 Å². The zero-order valence-electron chi connectivity index (χ0n) is 14.0. The first kappa shape index (κ1) is 18.9. The molecule has 3 rings (SSSR count). The molecule has 0 saturated heterocycles. The van der Waals surface area contributed by atoms with Crippen molar-refractivity contribution in [3.05, 3.63) is 45.3 Å². The largest absolute Gasteiger partial charge is 0.395 e. The zero-order valence-corrected chi connectivity index (χ0v) is 17.2. The molecule has 3 aromatic rings. The molecule has 0 spiro atoms. The van der Waals surface area contributed by atoms with E-state index in [1.807, 2.05) is 19.1 Å². The molecule has 0 saturated carbocycles. The maximum absolute atomic E-state index is 10.5. The predicted octanol–water partition coefficient (Wildman–Crippen LogP) is 4.04. The number of fused-ring (bicyclic) bond motifs is 3. The summed E-state index contributed by atoms with van der Waals surface area (Å²) in [5, 5.41) is 25.3. The molecule has 4 nitrogen and oxygen atoms in total. The average molecular weight is 470 g/mol. The molecule has 0 amide bonds. The minimum atomic E-state index is -0.535. The van der Waals surface area contributed by atoms with Gasteiger partial charge in [0.1, 0.15) is 0 Å². The second kappa shape index (κ2) is 8.18. The molecular formula is C19H22Br2N2O2. The lowest BCUT2D eigenvalue weighted by atomic mass is 10.2. The maximum atomic E-state index is 10.5. The van der Waals surface area contributed by atoms with Gasteiger partial charge >= 0.3 is 0 Å². The summed E-state index contributed by atoms with van der Waals surface area (Å²) in [6.07, 6.45) is 0.299. The van der Waals surface area contributed by atoms with Gasteiger partial charge in [-0.2, -0.15) is 0 Å². The molecule has 0 aliphatic rings. The van der Waals surface area contributed by atoms with Crippen molar-refractivity contribution < 1.29 is 10.2 Å². The molecule has 2 aromatic carbocycles. The van der Waals surface area contributed by atoms with E-state index in [0.29, 0.717) is 13.1 Å². The van der Waals surface area contributed by atoms with Gasteiger partial charge in [-0.25, -0.2) is 0 Å². The summed E-state index contributed by atoms with van der Waals surface area (Å²) in [4.78, 5) is 0. The fourth-order valence-electron chi connectivity index (χ4n) is 3.16. The van der Waals surface area contributed by atoms with E-state index in [2.05, 4.69) is 66.0 Å². The van der Waals surface area contributed by atoms with Gasteiger partial charge in [-0.15, -0.1) is 0 Å². The number of nitrogens with one attached hydrogen (secondary N) is 1. The Labute approximate surface area is 164 Å². The van der Waals surface area contributed by atoms with Crippen LogP contribution in [0.2, 0.25) is 0 Å². The number of hydrogen-bond donors (Lipinski definition) is 3. The normalized spacial score (nSPS) is 14.3. The fraction of sp³-hybridized carbons (Fsp3) is 0.368. The third kappa shape index (κ3) is 4.09. The highest BCUT2D eigenvalue weighted by molar-refractivity contribution is 9.10. The summed E-state index contributed by atoms with van der Waals surface area (Å²) < 4.78 is 4.24. The van der Waals surface area contributed by atoms with Crippen molar-refractivity contribution in [2.24, 2.45) is 0 Å². The van der Waals surface area contributed by atoms with Crippen LogP contribution in [0.25, 0.3) is 21.8 Å². The summed E-state index contributed by atoms with van der Waals surface area (Å²) in [6, 6.07) is 12.5. The van der Waals surface area contributed by atoms with E-state index >= 15 is 0 Å². The van der Waals surface area contributed by atoms with E-state index in [-0.39, 0.29) is 12.6 Å². The molecule has 2 atom stereocenters. The third-order valence-electron chi connectivity index (χ3n) is 4.54. The Balaban J connectivity index is 1.94. The maximum Gasteiger partial charge on any atom is 0.0843 e. The monoisotopic (exact) mass is 468 g/mol. The first-order valence-electron chi connectivity index (χ1n) is 8.42. The highest BCUT2D eigenvalue weighted by atomic mass is 79.9. The summed E-state index contributed by atoms with van der Waals surface area (Å²) >= 11 is 7.10. The van der Waals surface area contributed by atoms with E-state index < -0.39 is 6.10 Å². The molecule has 0 radical (unpaired) electrons. The van der Waals surface area contributed by atoms with Gasteiger partial charge in [-0.1, -0.05) is 38.8 Å². The Morgan fingerprint density at radius 2 is 1.60 bits per heavy atom. The molecule has 0 aliphatic carbocycles. The van der Waals surface area contributed by atoms with Crippen LogP contribution in [0.15, 0.2) is 45.3 Å². The SMILES string of the molecule is CC[C@H](CO)NC[C@@H](O)Cn1c2ccc(Br)cc2c2cc(Br)ccc21. The van der Waals surface area contributed by atoms with Gasteiger partial charge < -0.3 is 20.1 Å². The van der Waals surface area contributed by atoms with Crippen molar-refractivity contribution in [1.82, 2.24) is 9.88 Å². The average Bonchev–Trinajstić information content (AvgIpc) is 2.88. The first-order valence-corrected chi connectivity index (χ1v) is 10.0. The van der Waals surface area contributed by atoms with Gasteiger partial charge in [-0.05, 0) is 42.8 Å². The second-order valence-corrected chi connectivity index (χ2v) is 8.11. The highest BCUT2D eigenvalue weighted by Crippen LogP contribution is 2.33. The molecule has 134 valence electrons. The Kier molecular flexibility index (Phi) is 6.17. The first-order chi connectivity index (χ1) is 12.0. The number of hydrogen-bond acceptors (Lipinski definition) is 3. The van der Waals surface area contributed by atoms with Crippen LogP contribution in [0.1, 0.15) is 13.3 Å². The van der Waals surface area contributed by atoms with Crippen LogP contribution >= 0.6 is 31.9 Å². The van der Waals surface area contributed by atoms with E-state index in [0.717, 1.165) is 37.2 Å². The van der Waals surface area contributed by atoms with Gasteiger partial charge in [0, 0.05) is 43.3 Å². The van der Waals surface area contributed by atoms with Gasteiger partial charge in [0.25, 0.3) is 0 Å². The quantitative estimate of drug-likeness (QED) is 0.489. The lowest BCUT2D eigenvalue weighted by Gasteiger charge is -2.19. The summed E-state index contributed by atoms with van der Waals surface area (Å²) in [6.45, 7) is 3.05. The van der Waals surface area contributed by atoms with Crippen molar-refractivity contribution in [2.45, 2.75) is 32.0 Å². The predicted molar refractivity (Wildman–Crippen MR) is 110 cm³/mol. The van der Waals surface area contributed by atoms with Crippen LogP contribution in [0, 0.1) is 0 Å². The van der Waals surface area contributed by atoms with Crippen molar-refractivity contribution in [2.75, 3.05) is 13.2 Å². The zero-order chi connectivity index (χ0) is 18.0. The second-order valence-electron chi connectivity index (χ2n) is 6.28. The van der Waals surface area contributed by atoms with Gasteiger partial charge in [0.15, 0.2) is 0 Å². The van der Waals surface area contributed by atoms with Crippen molar-refractivity contribution in [3.63, 3.8) is 0 Å². The Hall–Kier alpha value is -0.920. The molecule has 1 heterocycles. The van der Waals surface area contributed by atoms with Crippen LogP contribution in [0.5, 0.6) is 0 Å². The van der Waals surface area contributed by atoms with Gasteiger partial charge in [-0.3, -0.25) is 0 Å². The van der Waals surface area contributed by atoms with Crippen LogP contribution in [0.4, 0.5) is 0 Å². The summed E-state index contributed by atoms with van der Waals surface area (Å²) in [7, 11) is 0. The van der Waals surface area contributed by atoms with Crippen LogP contribution in [-0.4, -0.2) is 40.1 Å². The standard InChI is InChI=1S/C19H22Br2N2O2/c1-2-14(11-24)22-9-15(25)10-23-18-5-3-12(20)7-16(18)17-8-13(21)4-6-19(17)23/h3-8,14-15,22,24-25H,2,9-11H2,1H3/t14-,15-/m1/s1. The van der Waals surface area contributed by atoms with Gasteiger partial charge in [0.05, 0.1) is 19.3 Å². The molecule has 3 N–H and O–H groups in total. The molecular weight excluding hydrogens is 448 g/mol. The minimum Gasteiger partial charge on any atom is -0.395 e. The smallest absolute Gasteiger partial charge is 0.0843 e. The van der Waals surface area contributed by atoms with Crippen LogP contribution in [-0.2, 0) is 6.54 Å². The lowest BCUT2D eigenvalue weighted by molar-refractivity contribution is 0.141. The minimum absolute atomic E-state index is 0.0275. The number of aromatic nitrogens is 1. The third-order valence-corrected chi connectivity index (χ3v) is 5.52. The fourth-order valence-corrected chi connectivity index (χ4v) is 3.88. The number of nitrogens with zero attached hydrogens (tertiary/aromatic N) is 1. The Bertz CT molecular complexity index is 815. The molecule has 0 unspecified atom stereocenters. The Morgan fingerprint density at radius 1 is 1.04 bits per heavy atom. The summed E-state index contributed by atoms with van der Waals surface area (Å²) in [5.41, 5.74) is 2.20. The number of halogens is 2. The van der Waals surface area contributed by atoms with Crippen LogP contribution < -0.4 is 5.32 Å². The number of aliphatic hydroxyl groups excluding tert-OH is 2. The van der Waals surface area contributed by atoms with Crippen LogP contribution in [0.3, 0.4) is 0 Å². The summed E-state index contributed by atoms with van der Waals surface area (Å²) in [5.74, 6) is 0. The van der Waals surface area contributed by atoms with E-state index in [1.54, 1.807) is 0 Å². The number of aliphatic hydroxyl groups is 2. The molecule has 6 heteroatoms. The van der Waals surface area contributed by atoms with E-state index in [1.165, 1.54) is 0 Å². The molecule has 0 bridgehead atoms. The number of benzene rings is 2. The van der Waals surface area contributed by atoms with Crippen molar-refractivity contribution in [3.8, 4) is 0 Å². The Morgan fingerprint density at radius 3 is 2.08 bits per heavy atom. The van der Waals surface area contributed by atoms with Crippen molar-refractivity contribution in [1.29, 1.82) is 0 Å². The topological polar surface area (TPSA) is 57.4 Å². The molecule has 1 aromatic heterocycles. The van der Waals surface area contributed by atoms with E-state index in [9.17, 15) is 10.2 Å². The molecule has 0 fully saturated rings. The van der Waals surface area contributed by atoms with E-state index in [4.69, 9.17) is 0 Å². The number of rotatable bonds is 7. The molecule has 25 heavy (non-hydrogen) atoms. The van der Waals surface area contributed by atoms with Crippen molar-refractivity contribution >= 4 is 53.7 Å². The molecule has 0 aliphatic heterocycles. The lowest BCUT2D eigenvalue weighted by Crippen LogP contribution is -2.38. The highest BCUT2D eigenvalue weighted by Gasteiger charge is 2.15.